The molecule has 2 fully saturated rings. The van der Waals surface area contributed by atoms with Gasteiger partial charge in [-0.1, -0.05) is 27.7 Å². The van der Waals surface area contributed by atoms with E-state index in [1.165, 1.54) is 0 Å². The first-order valence-electron chi connectivity index (χ1n) is 8.79. The Morgan fingerprint density at radius 3 is 2.57 bits per heavy atom. The van der Waals surface area contributed by atoms with Crippen LogP contribution in [0.25, 0.3) is 0 Å². The molecule has 6 heteroatoms. The van der Waals surface area contributed by atoms with Gasteiger partial charge >= 0.3 is 6.03 Å². The summed E-state index contributed by atoms with van der Waals surface area (Å²) >= 11 is 1.74. The topological polar surface area (TPSA) is 43.9 Å². The van der Waals surface area contributed by atoms with E-state index in [-0.39, 0.29) is 18.0 Å². The van der Waals surface area contributed by atoms with Crippen LogP contribution in [-0.2, 0) is 4.79 Å². The molecule has 2 aliphatic heterocycles. The Morgan fingerprint density at radius 1 is 1.17 bits per heavy atom. The van der Waals surface area contributed by atoms with E-state index in [2.05, 4.69) is 27.7 Å². The van der Waals surface area contributed by atoms with E-state index in [0.717, 1.165) is 25.3 Å². The monoisotopic (exact) mass is 341 g/mol. The van der Waals surface area contributed by atoms with Crippen molar-refractivity contribution in [2.24, 2.45) is 11.8 Å². The Labute approximate surface area is 144 Å². The standard InChI is InChI=1S/C17H31N3O2S/c1-13(2)5-8-23-12-16(21)18-6-7-20-15(10-18)11-19(17(20)22)9-14(3)4/h13-15H,5-12H2,1-4H3/t15-/m1/s1. The number of hydrogen-bond acceptors (Lipinski definition) is 3. The molecule has 0 radical (unpaired) electrons. The SMILES string of the molecule is CC(C)CCSCC(=O)N1CCN2C(=O)N(CC(C)C)C[C@H]2C1. The molecule has 2 saturated heterocycles. The van der Waals surface area contributed by atoms with Gasteiger partial charge in [-0.15, -0.1) is 0 Å². The predicted octanol–water partition coefficient (Wildman–Crippen LogP) is 2.37. The fourth-order valence-corrected chi connectivity index (χ4v) is 4.31. The number of piperazine rings is 1. The highest BCUT2D eigenvalue weighted by Gasteiger charge is 2.41. The number of nitrogens with zero attached hydrogens (tertiary/aromatic N) is 3. The number of thioether (sulfide) groups is 1. The number of carbonyl (C=O) groups is 2. The van der Waals surface area contributed by atoms with Crippen LogP contribution in [0.3, 0.4) is 0 Å². The minimum atomic E-state index is 0.155. The second-order valence-electron chi connectivity index (χ2n) is 7.50. The smallest absolute Gasteiger partial charge is 0.320 e. The third kappa shape index (κ3) is 5.03. The molecule has 1 atom stereocenters. The van der Waals surface area contributed by atoms with E-state index < -0.39 is 0 Å². The molecule has 0 aromatic heterocycles. The molecule has 0 N–H and O–H groups in total. The van der Waals surface area contributed by atoms with E-state index in [9.17, 15) is 9.59 Å². The summed E-state index contributed by atoms with van der Waals surface area (Å²) in [4.78, 5) is 30.6. The van der Waals surface area contributed by atoms with Gasteiger partial charge in [0.05, 0.1) is 11.8 Å². The van der Waals surface area contributed by atoms with Crippen molar-refractivity contribution >= 4 is 23.7 Å². The van der Waals surface area contributed by atoms with Crippen LogP contribution in [0.15, 0.2) is 0 Å². The summed E-state index contributed by atoms with van der Waals surface area (Å²) in [5, 5.41) is 0. The van der Waals surface area contributed by atoms with Crippen LogP contribution < -0.4 is 0 Å². The maximum Gasteiger partial charge on any atom is 0.320 e. The van der Waals surface area contributed by atoms with Crippen molar-refractivity contribution in [2.45, 2.75) is 40.2 Å². The molecule has 0 aliphatic carbocycles. The molecule has 2 aliphatic rings. The average Bonchev–Trinajstić information content (AvgIpc) is 2.78. The highest BCUT2D eigenvalue weighted by atomic mass is 32.2. The van der Waals surface area contributed by atoms with Crippen LogP contribution in [-0.4, -0.2) is 76.9 Å². The summed E-state index contributed by atoms with van der Waals surface area (Å²) in [6.07, 6.45) is 1.16. The summed E-state index contributed by atoms with van der Waals surface area (Å²) in [6, 6.07) is 0.335. The minimum Gasteiger partial charge on any atom is -0.338 e. The van der Waals surface area contributed by atoms with Gasteiger partial charge in [-0.05, 0) is 24.0 Å². The third-order valence-corrected chi connectivity index (χ3v) is 5.41. The first kappa shape index (κ1) is 18.4. The molecule has 132 valence electrons. The lowest BCUT2D eigenvalue weighted by Crippen LogP contribution is -2.54. The number of fused-ring (bicyclic) bond motifs is 1. The van der Waals surface area contributed by atoms with E-state index in [4.69, 9.17) is 0 Å². The summed E-state index contributed by atoms with van der Waals surface area (Å²) in [6.45, 7) is 12.3. The number of amides is 3. The molecule has 0 unspecified atom stereocenters. The summed E-state index contributed by atoms with van der Waals surface area (Å²) in [5.74, 6) is 3.03. The van der Waals surface area contributed by atoms with Crippen molar-refractivity contribution < 1.29 is 9.59 Å². The zero-order chi connectivity index (χ0) is 17.0. The molecule has 0 aromatic carbocycles. The lowest BCUT2D eigenvalue weighted by atomic mass is 10.2. The number of urea groups is 1. The first-order chi connectivity index (χ1) is 10.9. The second kappa shape index (κ2) is 8.27. The van der Waals surface area contributed by atoms with Crippen molar-refractivity contribution in [3.05, 3.63) is 0 Å². The molecular formula is C17H31N3O2S. The Morgan fingerprint density at radius 2 is 1.91 bits per heavy atom. The van der Waals surface area contributed by atoms with Crippen molar-refractivity contribution in [2.75, 3.05) is 44.2 Å². The summed E-state index contributed by atoms with van der Waals surface area (Å²) < 4.78 is 0. The van der Waals surface area contributed by atoms with E-state index in [1.807, 2.05) is 14.7 Å². The van der Waals surface area contributed by atoms with Crippen molar-refractivity contribution in [1.82, 2.24) is 14.7 Å². The van der Waals surface area contributed by atoms with Gasteiger partial charge < -0.3 is 14.7 Å². The number of carbonyl (C=O) groups excluding carboxylic acids is 2. The van der Waals surface area contributed by atoms with Gasteiger partial charge in [0.15, 0.2) is 0 Å². The van der Waals surface area contributed by atoms with Gasteiger partial charge in [0.1, 0.15) is 0 Å². The molecule has 5 nitrogen and oxygen atoms in total. The molecule has 0 aromatic rings. The number of hydrogen-bond donors (Lipinski definition) is 0. The average molecular weight is 342 g/mol. The van der Waals surface area contributed by atoms with Crippen LogP contribution >= 0.6 is 11.8 Å². The van der Waals surface area contributed by atoms with Crippen LogP contribution in [0.1, 0.15) is 34.1 Å². The lowest BCUT2D eigenvalue weighted by Gasteiger charge is -2.36. The van der Waals surface area contributed by atoms with Crippen molar-refractivity contribution in [1.29, 1.82) is 0 Å². The second-order valence-corrected chi connectivity index (χ2v) is 8.61. The van der Waals surface area contributed by atoms with Crippen LogP contribution in [0.4, 0.5) is 4.79 Å². The maximum absolute atomic E-state index is 12.4. The Balaban J connectivity index is 1.79. The Bertz CT molecular complexity index is 428. The van der Waals surface area contributed by atoms with E-state index >= 15 is 0 Å². The fourth-order valence-electron chi connectivity index (χ4n) is 3.17. The molecule has 2 heterocycles. The highest BCUT2D eigenvalue weighted by Crippen LogP contribution is 2.22. The molecule has 0 bridgehead atoms. The third-order valence-electron chi connectivity index (χ3n) is 4.43. The first-order valence-corrected chi connectivity index (χ1v) is 9.95. The van der Waals surface area contributed by atoms with Crippen molar-refractivity contribution in [3.63, 3.8) is 0 Å². The fraction of sp³-hybridized carbons (Fsp3) is 0.882. The zero-order valence-corrected chi connectivity index (χ0v) is 15.8. The largest absolute Gasteiger partial charge is 0.338 e. The Kier molecular flexibility index (Phi) is 6.62. The molecule has 23 heavy (non-hydrogen) atoms. The normalized spacial score (nSPS) is 21.6. The van der Waals surface area contributed by atoms with Gasteiger partial charge in [0, 0.05) is 32.7 Å². The van der Waals surface area contributed by atoms with Gasteiger partial charge in [0.25, 0.3) is 0 Å². The van der Waals surface area contributed by atoms with Gasteiger partial charge in [-0.3, -0.25) is 4.79 Å². The highest BCUT2D eigenvalue weighted by molar-refractivity contribution is 7.99. The van der Waals surface area contributed by atoms with Gasteiger partial charge in [-0.2, -0.15) is 11.8 Å². The van der Waals surface area contributed by atoms with Crippen LogP contribution in [0.2, 0.25) is 0 Å². The summed E-state index contributed by atoms with van der Waals surface area (Å²) in [7, 11) is 0. The van der Waals surface area contributed by atoms with Crippen LogP contribution in [0, 0.1) is 11.8 Å². The van der Waals surface area contributed by atoms with Gasteiger partial charge in [-0.25, -0.2) is 4.79 Å². The lowest BCUT2D eigenvalue weighted by molar-refractivity contribution is -0.130. The summed E-state index contributed by atoms with van der Waals surface area (Å²) in [5.41, 5.74) is 0. The van der Waals surface area contributed by atoms with Crippen LogP contribution in [0.5, 0.6) is 0 Å². The molecule has 0 spiro atoms. The predicted molar refractivity (Wildman–Crippen MR) is 95.7 cm³/mol. The van der Waals surface area contributed by atoms with Crippen molar-refractivity contribution in [3.8, 4) is 0 Å². The minimum absolute atomic E-state index is 0.155. The van der Waals surface area contributed by atoms with Gasteiger partial charge in [0.2, 0.25) is 5.91 Å². The number of rotatable bonds is 7. The van der Waals surface area contributed by atoms with E-state index in [0.29, 0.717) is 37.2 Å². The maximum atomic E-state index is 12.4. The molecule has 0 saturated carbocycles. The zero-order valence-electron chi connectivity index (χ0n) is 15.0. The molecular weight excluding hydrogens is 310 g/mol. The quantitative estimate of drug-likeness (QED) is 0.668. The Hall–Kier alpha value is -0.910. The molecule has 3 amide bonds. The van der Waals surface area contributed by atoms with E-state index in [1.54, 1.807) is 11.8 Å². The molecule has 2 rings (SSSR count).